The fourth-order valence-corrected chi connectivity index (χ4v) is 4.09. The van der Waals surface area contributed by atoms with Gasteiger partial charge in [-0.05, 0) is 46.1 Å². The Kier molecular flexibility index (Phi) is 10.6. The van der Waals surface area contributed by atoms with Crippen molar-refractivity contribution >= 4 is 37.4 Å². The van der Waals surface area contributed by atoms with Gasteiger partial charge in [0, 0.05) is 0 Å². The van der Waals surface area contributed by atoms with Gasteiger partial charge >= 0.3 is 14.1 Å². The van der Waals surface area contributed by atoms with E-state index in [9.17, 15) is 14.2 Å². The number of nitrogens with one attached hydrogen (secondary N) is 1. The van der Waals surface area contributed by atoms with Crippen molar-refractivity contribution < 1.29 is 32.9 Å². The van der Waals surface area contributed by atoms with Gasteiger partial charge in [0.2, 0.25) is 0 Å². The van der Waals surface area contributed by atoms with Gasteiger partial charge in [-0.25, -0.2) is 19.7 Å². The summed E-state index contributed by atoms with van der Waals surface area (Å²) in [6.45, 7) is 10.7. The molecule has 0 saturated heterocycles. The number of anilines is 1. The minimum atomic E-state index is -2.60. The van der Waals surface area contributed by atoms with Gasteiger partial charge in [0.15, 0.2) is 29.4 Å². The Hall–Kier alpha value is -2.57. The molecule has 4 atom stereocenters. The van der Waals surface area contributed by atoms with Gasteiger partial charge in [-0.1, -0.05) is 5.09 Å². The first-order valence-corrected chi connectivity index (χ1v) is 12.4. The SMILES string of the molecule is CCOC(=O)C(C)(C)N[P+](=O)OC(C=O)[C@@H](CO[C@H](C)Cn1cnc2c(N)ncnc21)OC(C)C. The summed E-state index contributed by atoms with van der Waals surface area (Å²) in [5.74, 6) is -0.312. The van der Waals surface area contributed by atoms with Gasteiger partial charge in [0.05, 0.1) is 38.3 Å². The Bertz CT molecular complexity index is 1020. The molecule has 2 aromatic heterocycles. The van der Waals surface area contributed by atoms with Crippen molar-refractivity contribution in [2.45, 2.75) is 78.0 Å². The topological polar surface area (TPSA) is 170 Å². The molecule has 0 aromatic carbocycles. The van der Waals surface area contributed by atoms with Gasteiger partial charge in [-0.2, -0.15) is 0 Å². The Morgan fingerprint density at radius 3 is 2.63 bits per heavy atom. The average Bonchev–Trinajstić information content (AvgIpc) is 3.18. The van der Waals surface area contributed by atoms with Crippen molar-refractivity contribution in [2.24, 2.45) is 0 Å². The van der Waals surface area contributed by atoms with E-state index in [1.54, 1.807) is 31.7 Å². The maximum Gasteiger partial charge on any atom is 0.614 e. The van der Waals surface area contributed by atoms with Crippen LogP contribution < -0.4 is 10.8 Å². The van der Waals surface area contributed by atoms with E-state index in [0.717, 1.165) is 0 Å². The van der Waals surface area contributed by atoms with Crippen LogP contribution in [0, 0.1) is 0 Å². The van der Waals surface area contributed by atoms with E-state index < -0.39 is 31.9 Å². The summed E-state index contributed by atoms with van der Waals surface area (Å²) in [5.41, 5.74) is 5.62. The molecule has 0 aliphatic carbocycles. The normalized spacial score (nSPS) is 15.1. The summed E-state index contributed by atoms with van der Waals surface area (Å²) < 4.78 is 36.4. The minimum Gasteiger partial charge on any atom is -0.465 e. The van der Waals surface area contributed by atoms with Crippen LogP contribution in [0.3, 0.4) is 0 Å². The highest BCUT2D eigenvalue weighted by Gasteiger charge is 2.42. The van der Waals surface area contributed by atoms with E-state index in [1.807, 2.05) is 6.92 Å². The summed E-state index contributed by atoms with van der Waals surface area (Å²) in [6, 6.07) is 0. The number of nitrogens with zero attached hydrogens (tertiary/aromatic N) is 4. The lowest BCUT2D eigenvalue weighted by molar-refractivity contribution is -0.149. The van der Waals surface area contributed by atoms with E-state index in [4.69, 9.17) is 24.5 Å². The van der Waals surface area contributed by atoms with Crippen LogP contribution in [0.4, 0.5) is 5.82 Å². The fraction of sp³-hybridized carbons (Fsp3) is 0.667. The molecule has 35 heavy (non-hydrogen) atoms. The Balaban J connectivity index is 2.01. The van der Waals surface area contributed by atoms with Gasteiger partial charge in [0.25, 0.3) is 0 Å². The number of hydrogen-bond acceptors (Lipinski definition) is 11. The fourth-order valence-electron chi connectivity index (χ4n) is 3.08. The molecular weight excluding hydrogens is 479 g/mol. The van der Waals surface area contributed by atoms with Gasteiger partial charge in [-0.15, -0.1) is 4.52 Å². The number of nitrogen functional groups attached to an aromatic ring is 1. The maximum absolute atomic E-state index is 12.5. The molecule has 0 radical (unpaired) electrons. The third-order valence-corrected chi connectivity index (χ3v) is 5.93. The highest BCUT2D eigenvalue weighted by Crippen LogP contribution is 2.27. The Morgan fingerprint density at radius 1 is 1.29 bits per heavy atom. The average molecular weight is 514 g/mol. The second-order valence-electron chi connectivity index (χ2n) is 8.62. The molecule has 0 fully saturated rings. The summed E-state index contributed by atoms with van der Waals surface area (Å²) in [6.07, 6.45) is 0.804. The van der Waals surface area contributed by atoms with E-state index in [1.165, 1.54) is 20.2 Å². The third-order valence-electron chi connectivity index (χ3n) is 4.75. The molecule has 2 unspecified atom stereocenters. The Labute approximate surface area is 205 Å². The van der Waals surface area contributed by atoms with E-state index >= 15 is 0 Å². The van der Waals surface area contributed by atoms with E-state index in [2.05, 4.69) is 20.0 Å². The van der Waals surface area contributed by atoms with Crippen LogP contribution >= 0.6 is 8.18 Å². The number of nitrogens with two attached hydrogens (primary N) is 1. The minimum absolute atomic E-state index is 0.0169. The summed E-state index contributed by atoms with van der Waals surface area (Å²) in [4.78, 5) is 36.2. The predicted octanol–water partition coefficient (Wildman–Crippen LogP) is 1.78. The second-order valence-corrected chi connectivity index (χ2v) is 9.56. The lowest BCUT2D eigenvalue weighted by Crippen LogP contribution is -2.45. The number of aromatic nitrogens is 4. The summed E-state index contributed by atoms with van der Waals surface area (Å²) in [7, 11) is -2.60. The molecule has 0 aliphatic rings. The Morgan fingerprint density at radius 2 is 2.00 bits per heavy atom. The van der Waals surface area contributed by atoms with Crippen LogP contribution in [0.15, 0.2) is 12.7 Å². The number of ether oxygens (including phenoxy) is 3. The van der Waals surface area contributed by atoms with Crippen LogP contribution in [-0.4, -0.2) is 74.9 Å². The lowest BCUT2D eigenvalue weighted by Gasteiger charge is -2.24. The summed E-state index contributed by atoms with van der Waals surface area (Å²) >= 11 is 0. The van der Waals surface area contributed by atoms with Crippen molar-refractivity contribution in [3.63, 3.8) is 0 Å². The number of carbonyl (C=O) groups is 2. The van der Waals surface area contributed by atoms with Crippen molar-refractivity contribution in [3.8, 4) is 0 Å². The van der Waals surface area contributed by atoms with Crippen LogP contribution in [0.1, 0.15) is 41.5 Å². The number of carbonyl (C=O) groups excluding carboxylic acids is 2. The smallest absolute Gasteiger partial charge is 0.465 e. The van der Waals surface area contributed by atoms with Crippen molar-refractivity contribution in [1.82, 2.24) is 24.6 Å². The van der Waals surface area contributed by atoms with Gasteiger partial charge in [0.1, 0.15) is 17.9 Å². The molecular formula is C21H34N6O7P+. The zero-order chi connectivity index (χ0) is 26.2. The number of aldehydes is 1. The molecule has 0 saturated carbocycles. The molecule has 0 spiro atoms. The molecule has 194 valence electrons. The third kappa shape index (κ3) is 8.25. The number of hydrogen-bond donors (Lipinski definition) is 2. The first-order chi connectivity index (χ1) is 16.5. The summed E-state index contributed by atoms with van der Waals surface area (Å²) in [5, 5.41) is 2.55. The van der Waals surface area contributed by atoms with Crippen LogP contribution in [0.2, 0.25) is 0 Å². The number of rotatable bonds is 15. The zero-order valence-electron chi connectivity index (χ0n) is 20.8. The highest BCUT2D eigenvalue weighted by atomic mass is 31.1. The van der Waals surface area contributed by atoms with Gasteiger partial charge in [-0.3, -0.25) is 0 Å². The number of fused-ring (bicyclic) bond motifs is 1. The zero-order valence-corrected chi connectivity index (χ0v) is 21.7. The first-order valence-electron chi connectivity index (χ1n) is 11.2. The van der Waals surface area contributed by atoms with E-state index in [0.29, 0.717) is 24.0 Å². The molecule has 2 aromatic rings. The predicted molar refractivity (Wildman–Crippen MR) is 128 cm³/mol. The quantitative estimate of drug-likeness (QED) is 0.201. The molecule has 2 heterocycles. The number of imidazole rings is 1. The molecule has 0 amide bonds. The van der Waals surface area contributed by atoms with Crippen molar-refractivity contribution in [3.05, 3.63) is 12.7 Å². The standard InChI is InChI=1S/C21H34N6O7P/c1-7-31-20(29)21(5,6)26-35(30)34-15(9-28)16(33-13(2)3)10-32-14(4)8-27-12-25-17-18(22)23-11-24-19(17)27/h9,11-16H,7-8,10H2,1-6H3,(H,26,30)(H2,22,23,24)/q+1/t14-,15?,16-/m1/s1. The van der Waals surface area contributed by atoms with Crippen LogP contribution in [0.25, 0.3) is 11.2 Å². The molecule has 0 aliphatic heterocycles. The molecule has 3 N–H and O–H groups in total. The van der Waals surface area contributed by atoms with Crippen molar-refractivity contribution in [1.29, 1.82) is 0 Å². The molecule has 2 rings (SSSR count). The van der Waals surface area contributed by atoms with Crippen LogP contribution in [-0.2, 0) is 39.4 Å². The first kappa shape index (κ1) is 28.7. The lowest BCUT2D eigenvalue weighted by atomic mass is 10.1. The molecule has 14 heteroatoms. The van der Waals surface area contributed by atoms with Crippen molar-refractivity contribution in [2.75, 3.05) is 18.9 Å². The number of esters is 1. The van der Waals surface area contributed by atoms with Crippen LogP contribution in [0.5, 0.6) is 0 Å². The maximum atomic E-state index is 12.5. The molecule has 13 nitrogen and oxygen atoms in total. The second kappa shape index (κ2) is 12.9. The van der Waals surface area contributed by atoms with E-state index in [-0.39, 0.29) is 31.2 Å². The van der Waals surface area contributed by atoms with Gasteiger partial charge < -0.3 is 29.3 Å². The molecule has 0 bridgehead atoms. The largest absolute Gasteiger partial charge is 0.614 e. The monoisotopic (exact) mass is 513 g/mol. The highest BCUT2D eigenvalue weighted by molar-refractivity contribution is 7.36.